The van der Waals surface area contributed by atoms with E-state index in [2.05, 4.69) is 4.74 Å². The van der Waals surface area contributed by atoms with Crippen molar-refractivity contribution in [2.45, 2.75) is 31.1 Å². The highest BCUT2D eigenvalue weighted by atomic mass is 32.2. The SMILES string of the molecule is COC(=O)C(O)C1CCS(=O)(=O)C1(C)C. The molecule has 2 unspecified atom stereocenters. The average Bonchev–Trinajstić information content (AvgIpc) is 2.35. The molecule has 5 nitrogen and oxygen atoms in total. The van der Waals surface area contributed by atoms with Crippen molar-refractivity contribution < 1.29 is 23.1 Å². The van der Waals surface area contributed by atoms with Crippen LogP contribution in [0.2, 0.25) is 0 Å². The summed E-state index contributed by atoms with van der Waals surface area (Å²) in [5.41, 5.74) is 0. The smallest absolute Gasteiger partial charge is 0.335 e. The minimum absolute atomic E-state index is 0.0126. The molecule has 2 atom stereocenters. The first-order valence-electron chi connectivity index (χ1n) is 4.72. The molecule has 88 valence electrons. The topological polar surface area (TPSA) is 80.7 Å². The normalized spacial score (nSPS) is 29.7. The molecule has 1 N–H and O–H groups in total. The van der Waals surface area contributed by atoms with E-state index >= 15 is 0 Å². The van der Waals surface area contributed by atoms with Gasteiger partial charge in [0.25, 0.3) is 0 Å². The van der Waals surface area contributed by atoms with Gasteiger partial charge in [-0.1, -0.05) is 0 Å². The van der Waals surface area contributed by atoms with Crippen LogP contribution in [0.5, 0.6) is 0 Å². The maximum absolute atomic E-state index is 11.6. The molecule has 1 rings (SSSR count). The van der Waals surface area contributed by atoms with E-state index in [0.717, 1.165) is 0 Å². The predicted molar refractivity (Wildman–Crippen MR) is 54.0 cm³/mol. The second-order valence-corrected chi connectivity index (χ2v) is 6.98. The van der Waals surface area contributed by atoms with Gasteiger partial charge >= 0.3 is 5.97 Å². The minimum atomic E-state index is -3.23. The molecule has 1 aliphatic heterocycles. The minimum Gasteiger partial charge on any atom is -0.467 e. The van der Waals surface area contributed by atoms with Gasteiger partial charge in [0.1, 0.15) is 0 Å². The van der Waals surface area contributed by atoms with Crippen molar-refractivity contribution in [3.05, 3.63) is 0 Å². The molecule has 1 fully saturated rings. The number of methoxy groups -OCH3 is 1. The number of hydrogen-bond acceptors (Lipinski definition) is 5. The van der Waals surface area contributed by atoms with Crippen molar-refractivity contribution in [1.82, 2.24) is 0 Å². The quantitative estimate of drug-likeness (QED) is 0.668. The Labute approximate surface area is 89.3 Å². The van der Waals surface area contributed by atoms with Crippen LogP contribution in [0.25, 0.3) is 0 Å². The Hall–Kier alpha value is -0.620. The Kier molecular flexibility index (Phi) is 3.11. The summed E-state index contributed by atoms with van der Waals surface area (Å²) in [6.45, 7) is 3.07. The van der Waals surface area contributed by atoms with E-state index < -0.39 is 32.6 Å². The lowest BCUT2D eigenvalue weighted by Crippen LogP contribution is -2.43. The van der Waals surface area contributed by atoms with Crippen molar-refractivity contribution in [3.63, 3.8) is 0 Å². The van der Waals surface area contributed by atoms with Crippen LogP contribution < -0.4 is 0 Å². The van der Waals surface area contributed by atoms with Gasteiger partial charge in [0.05, 0.1) is 17.6 Å². The number of carbonyl (C=O) groups excluding carboxylic acids is 1. The first-order chi connectivity index (χ1) is 6.74. The lowest BCUT2D eigenvalue weighted by Gasteiger charge is -2.28. The van der Waals surface area contributed by atoms with Crippen LogP contribution in [-0.2, 0) is 19.4 Å². The van der Waals surface area contributed by atoms with E-state index in [-0.39, 0.29) is 5.75 Å². The van der Waals surface area contributed by atoms with Crippen molar-refractivity contribution in [3.8, 4) is 0 Å². The molecule has 0 spiro atoms. The zero-order valence-electron chi connectivity index (χ0n) is 9.06. The summed E-state index contributed by atoms with van der Waals surface area (Å²) in [6.07, 6.45) is -1.06. The van der Waals surface area contributed by atoms with E-state index in [1.807, 2.05) is 0 Å². The lowest BCUT2D eigenvalue weighted by atomic mass is 9.87. The molecule has 1 aliphatic rings. The summed E-state index contributed by atoms with van der Waals surface area (Å²) in [5.74, 6) is -1.35. The van der Waals surface area contributed by atoms with Gasteiger partial charge in [0, 0.05) is 5.92 Å². The number of rotatable bonds is 2. The Morgan fingerprint density at radius 1 is 1.53 bits per heavy atom. The molecule has 15 heavy (non-hydrogen) atoms. The van der Waals surface area contributed by atoms with Crippen LogP contribution in [-0.4, -0.2) is 43.2 Å². The van der Waals surface area contributed by atoms with Gasteiger partial charge in [-0.2, -0.15) is 0 Å². The predicted octanol–water partition coefficient (Wildman–Crippen LogP) is -0.266. The Morgan fingerprint density at radius 2 is 2.07 bits per heavy atom. The van der Waals surface area contributed by atoms with Gasteiger partial charge < -0.3 is 9.84 Å². The molecule has 0 aliphatic carbocycles. The highest BCUT2D eigenvalue weighted by molar-refractivity contribution is 7.93. The van der Waals surface area contributed by atoms with Gasteiger partial charge in [-0.25, -0.2) is 13.2 Å². The summed E-state index contributed by atoms with van der Waals surface area (Å²) in [4.78, 5) is 11.1. The van der Waals surface area contributed by atoms with Crippen molar-refractivity contribution in [1.29, 1.82) is 0 Å². The molecule has 0 amide bonds. The van der Waals surface area contributed by atoms with Crippen LogP contribution in [0.4, 0.5) is 0 Å². The second kappa shape index (κ2) is 3.75. The van der Waals surface area contributed by atoms with E-state index in [0.29, 0.717) is 6.42 Å². The van der Waals surface area contributed by atoms with Gasteiger partial charge in [0.2, 0.25) is 0 Å². The fraction of sp³-hybridized carbons (Fsp3) is 0.889. The first-order valence-corrected chi connectivity index (χ1v) is 6.37. The van der Waals surface area contributed by atoms with Gasteiger partial charge in [-0.3, -0.25) is 0 Å². The van der Waals surface area contributed by atoms with Crippen molar-refractivity contribution in [2.24, 2.45) is 5.92 Å². The molecule has 1 heterocycles. The van der Waals surface area contributed by atoms with Crippen LogP contribution in [0, 0.1) is 5.92 Å². The first kappa shape index (κ1) is 12.4. The van der Waals surface area contributed by atoms with Crippen molar-refractivity contribution in [2.75, 3.05) is 12.9 Å². The Balaban J connectivity index is 2.96. The highest BCUT2D eigenvalue weighted by Crippen LogP contribution is 2.39. The monoisotopic (exact) mass is 236 g/mol. The zero-order chi connectivity index (χ0) is 11.9. The third kappa shape index (κ3) is 1.88. The van der Waals surface area contributed by atoms with E-state index in [4.69, 9.17) is 0 Å². The third-order valence-corrected chi connectivity index (χ3v) is 5.89. The van der Waals surface area contributed by atoms with E-state index in [1.54, 1.807) is 0 Å². The number of esters is 1. The van der Waals surface area contributed by atoms with Crippen LogP contribution >= 0.6 is 0 Å². The van der Waals surface area contributed by atoms with Gasteiger partial charge in [0.15, 0.2) is 15.9 Å². The number of aliphatic hydroxyl groups is 1. The average molecular weight is 236 g/mol. The second-order valence-electron chi connectivity index (χ2n) is 4.29. The van der Waals surface area contributed by atoms with E-state index in [9.17, 15) is 18.3 Å². The number of carbonyl (C=O) groups is 1. The summed E-state index contributed by atoms with van der Waals surface area (Å²) < 4.78 is 26.6. The third-order valence-electron chi connectivity index (χ3n) is 3.22. The van der Waals surface area contributed by atoms with Crippen LogP contribution in [0.1, 0.15) is 20.3 Å². The highest BCUT2D eigenvalue weighted by Gasteiger charge is 2.52. The molecule has 0 radical (unpaired) electrons. The number of hydrogen-bond donors (Lipinski definition) is 1. The molecule has 6 heteroatoms. The molecular formula is C9H16O5S. The number of aliphatic hydroxyl groups excluding tert-OH is 1. The summed E-state index contributed by atoms with van der Waals surface area (Å²) in [7, 11) is -2.06. The zero-order valence-corrected chi connectivity index (χ0v) is 9.87. The Bertz CT molecular complexity index is 357. The molecule has 1 saturated heterocycles. The number of ether oxygens (including phenoxy) is 1. The molecule has 0 aromatic heterocycles. The summed E-state index contributed by atoms with van der Waals surface area (Å²) >= 11 is 0. The molecule has 0 aromatic carbocycles. The largest absolute Gasteiger partial charge is 0.467 e. The van der Waals surface area contributed by atoms with E-state index in [1.165, 1.54) is 21.0 Å². The molecule has 0 saturated carbocycles. The summed E-state index contributed by atoms with van der Waals surface area (Å²) in [6, 6.07) is 0. The standard InChI is InChI=1S/C9H16O5S/c1-9(2)6(4-5-15(9,12)13)7(10)8(11)14-3/h6-7,10H,4-5H2,1-3H3. The number of sulfone groups is 1. The van der Waals surface area contributed by atoms with Crippen LogP contribution in [0.15, 0.2) is 0 Å². The maximum atomic E-state index is 11.6. The lowest BCUT2D eigenvalue weighted by molar-refractivity contribution is -0.154. The maximum Gasteiger partial charge on any atom is 0.335 e. The Morgan fingerprint density at radius 3 is 2.40 bits per heavy atom. The fourth-order valence-corrected chi connectivity index (χ4v) is 3.74. The fourth-order valence-electron chi connectivity index (χ4n) is 1.95. The molecular weight excluding hydrogens is 220 g/mol. The molecule has 0 bridgehead atoms. The van der Waals surface area contributed by atoms with Gasteiger partial charge in [-0.05, 0) is 20.3 Å². The van der Waals surface area contributed by atoms with Gasteiger partial charge in [-0.15, -0.1) is 0 Å². The molecule has 0 aromatic rings. The van der Waals surface area contributed by atoms with Crippen molar-refractivity contribution >= 4 is 15.8 Å². The van der Waals surface area contributed by atoms with Crippen LogP contribution in [0.3, 0.4) is 0 Å². The summed E-state index contributed by atoms with van der Waals surface area (Å²) in [5, 5.41) is 9.65.